The van der Waals surface area contributed by atoms with Gasteiger partial charge in [0.15, 0.2) is 15.7 Å². The Hall–Kier alpha value is -2.49. The Morgan fingerprint density at radius 1 is 1.43 bits per heavy atom. The summed E-state index contributed by atoms with van der Waals surface area (Å²) in [6.07, 6.45) is 0. The molecule has 0 bridgehead atoms. The van der Waals surface area contributed by atoms with E-state index in [1.54, 1.807) is 0 Å². The normalized spacial score (nSPS) is 11.3. The van der Waals surface area contributed by atoms with Crippen LogP contribution >= 0.6 is 0 Å². The molecule has 112 valence electrons. The third-order valence-corrected chi connectivity index (χ3v) is 4.24. The molecule has 0 amide bonds. The van der Waals surface area contributed by atoms with Gasteiger partial charge in [0.25, 0.3) is 0 Å². The quantitative estimate of drug-likeness (QED) is 0.811. The predicted octanol–water partition coefficient (Wildman–Crippen LogP) is -0.109. The Bertz CT molecular complexity index is 784. The number of benzene rings is 1. The largest absolute Gasteiger partial charge is 0.495 e. The Labute approximate surface area is 120 Å². The van der Waals surface area contributed by atoms with E-state index in [-0.39, 0.29) is 22.0 Å². The second kappa shape index (κ2) is 5.48. The number of hydrogen-bond donors (Lipinski definition) is 1. The van der Waals surface area contributed by atoms with Crippen LogP contribution in [-0.2, 0) is 22.6 Å². The minimum atomic E-state index is -3.87. The number of aromatic nitrogens is 4. The van der Waals surface area contributed by atoms with Crippen LogP contribution in [0.25, 0.3) is 0 Å². The molecule has 2 rings (SSSR count). The van der Waals surface area contributed by atoms with E-state index in [9.17, 15) is 13.2 Å². The van der Waals surface area contributed by atoms with E-state index in [1.165, 1.54) is 26.3 Å². The average Bonchev–Trinajstić information content (AvgIpc) is 2.82. The van der Waals surface area contributed by atoms with Crippen molar-refractivity contribution in [1.82, 2.24) is 20.2 Å². The van der Waals surface area contributed by atoms with Crippen molar-refractivity contribution >= 4 is 15.8 Å². The zero-order chi connectivity index (χ0) is 15.6. The van der Waals surface area contributed by atoms with Crippen molar-refractivity contribution in [1.29, 1.82) is 0 Å². The van der Waals surface area contributed by atoms with Gasteiger partial charge in [-0.2, -0.15) is 4.80 Å². The van der Waals surface area contributed by atoms with Crippen molar-refractivity contribution in [3.05, 3.63) is 29.6 Å². The van der Waals surface area contributed by atoms with Gasteiger partial charge < -0.3 is 9.84 Å². The summed E-state index contributed by atoms with van der Waals surface area (Å²) < 4.78 is 29.7. The minimum Gasteiger partial charge on any atom is -0.495 e. The van der Waals surface area contributed by atoms with E-state index >= 15 is 0 Å². The lowest BCUT2D eigenvalue weighted by atomic mass is 10.2. The monoisotopic (exact) mass is 312 g/mol. The standard InChI is InChI=1S/C11H12N4O5S/c1-15-13-10(12-14-15)6-21(18,19)9-5-7(11(16)17)3-4-8(9)20-2/h3-5H,6H2,1-2H3,(H,16,17). The first kappa shape index (κ1) is 14.9. The second-order valence-corrected chi connectivity index (χ2v) is 6.08. The van der Waals surface area contributed by atoms with Gasteiger partial charge in [0, 0.05) is 0 Å². The molecule has 10 heteroatoms. The number of carboxylic acids is 1. The Morgan fingerprint density at radius 2 is 2.14 bits per heavy atom. The van der Waals surface area contributed by atoms with Crippen LogP contribution in [-0.4, -0.2) is 46.8 Å². The highest BCUT2D eigenvalue weighted by molar-refractivity contribution is 7.90. The fourth-order valence-electron chi connectivity index (χ4n) is 1.68. The van der Waals surface area contributed by atoms with E-state index in [0.717, 1.165) is 10.9 Å². The maximum atomic E-state index is 12.4. The second-order valence-electron chi connectivity index (χ2n) is 4.12. The molecule has 0 aliphatic heterocycles. The Kier molecular flexibility index (Phi) is 3.89. The van der Waals surface area contributed by atoms with Crippen LogP contribution in [0.1, 0.15) is 16.2 Å². The molecule has 21 heavy (non-hydrogen) atoms. The fourth-order valence-corrected chi connectivity index (χ4v) is 3.06. The van der Waals surface area contributed by atoms with Gasteiger partial charge in [-0.3, -0.25) is 0 Å². The third-order valence-electron chi connectivity index (χ3n) is 2.61. The summed E-state index contributed by atoms with van der Waals surface area (Å²) in [4.78, 5) is 11.9. The van der Waals surface area contributed by atoms with Crippen molar-refractivity contribution in [3.8, 4) is 5.75 Å². The molecule has 1 N–H and O–H groups in total. The van der Waals surface area contributed by atoms with E-state index < -0.39 is 21.6 Å². The molecule has 1 aromatic heterocycles. The highest BCUT2D eigenvalue weighted by Gasteiger charge is 2.24. The number of nitrogens with zero attached hydrogens (tertiary/aromatic N) is 4. The van der Waals surface area contributed by atoms with E-state index in [0.29, 0.717) is 0 Å². The number of ether oxygens (including phenoxy) is 1. The molecule has 0 saturated heterocycles. The van der Waals surface area contributed by atoms with Crippen LogP contribution < -0.4 is 4.74 Å². The van der Waals surface area contributed by atoms with Crippen molar-refractivity contribution in [2.45, 2.75) is 10.6 Å². The van der Waals surface area contributed by atoms with Gasteiger partial charge in [0.2, 0.25) is 0 Å². The SMILES string of the molecule is COc1ccc(C(=O)O)cc1S(=O)(=O)Cc1nnn(C)n1. The molecule has 2 aromatic rings. The number of carbonyl (C=O) groups is 1. The van der Waals surface area contributed by atoms with Gasteiger partial charge in [-0.1, -0.05) is 0 Å². The van der Waals surface area contributed by atoms with Crippen molar-refractivity contribution < 1.29 is 23.1 Å². The molecule has 0 aliphatic carbocycles. The van der Waals surface area contributed by atoms with Crippen LogP contribution in [0.4, 0.5) is 0 Å². The summed E-state index contributed by atoms with van der Waals surface area (Å²) in [5, 5.41) is 19.9. The molecule has 9 nitrogen and oxygen atoms in total. The van der Waals surface area contributed by atoms with Crippen LogP contribution in [0.5, 0.6) is 5.75 Å². The minimum absolute atomic E-state index is 0.0141. The topological polar surface area (TPSA) is 124 Å². The molecular formula is C11H12N4O5S. The number of aromatic carboxylic acids is 1. The molecule has 0 fully saturated rings. The lowest BCUT2D eigenvalue weighted by Gasteiger charge is -2.09. The van der Waals surface area contributed by atoms with Gasteiger partial charge in [0.05, 0.1) is 19.7 Å². The average molecular weight is 312 g/mol. The Balaban J connectivity index is 2.47. The van der Waals surface area contributed by atoms with Gasteiger partial charge >= 0.3 is 5.97 Å². The molecule has 0 saturated carbocycles. The molecule has 0 unspecified atom stereocenters. The number of tetrazole rings is 1. The Morgan fingerprint density at radius 3 is 2.67 bits per heavy atom. The number of rotatable bonds is 5. The number of hydrogen-bond acceptors (Lipinski definition) is 7. The lowest BCUT2D eigenvalue weighted by Crippen LogP contribution is -2.10. The molecule has 0 radical (unpaired) electrons. The van der Waals surface area contributed by atoms with Gasteiger partial charge in [0.1, 0.15) is 16.4 Å². The third kappa shape index (κ3) is 3.16. The molecule has 1 aromatic carbocycles. The van der Waals surface area contributed by atoms with Crippen LogP contribution in [0.2, 0.25) is 0 Å². The number of sulfone groups is 1. The summed E-state index contributed by atoms with van der Waals surface area (Å²) >= 11 is 0. The predicted molar refractivity (Wildman–Crippen MR) is 69.6 cm³/mol. The van der Waals surface area contributed by atoms with Gasteiger partial charge in [-0.25, -0.2) is 13.2 Å². The first-order valence-electron chi connectivity index (χ1n) is 5.70. The number of aryl methyl sites for hydroxylation is 1. The zero-order valence-corrected chi connectivity index (χ0v) is 12.0. The highest BCUT2D eigenvalue weighted by Crippen LogP contribution is 2.27. The van der Waals surface area contributed by atoms with Crippen molar-refractivity contribution in [2.75, 3.05) is 7.11 Å². The molecule has 0 spiro atoms. The summed E-state index contributed by atoms with van der Waals surface area (Å²) in [5.74, 6) is -1.66. The van der Waals surface area contributed by atoms with E-state index in [1.807, 2.05) is 0 Å². The van der Waals surface area contributed by atoms with Crippen LogP contribution in [0.3, 0.4) is 0 Å². The number of methoxy groups -OCH3 is 1. The fraction of sp³-hybridized carbons (Fsp3) is 0.273. The van der Waals surface area contributed by atoms with Crippen LogP contribution in [0.15, 0.2) is 23.1 Å². The summed E-state index contributed by atoms with van der Waals surface area (Å²) in [6, 6.07) is 3.61. The summed E-state index contributed by atoms with van der Waals surface area (Å²) in [5.41, 5.74) is -0.151. The number of carboxylic acid groups (broad SMARTS) is 1. The first-order valence-corrected chi connectivity index (χ1v) is 7.35. The highest BCUT2D eigenvalue weighted by atomic mass is 32.2. The van der Waals surface area contributed by atoms with Gasteiger partial charge in [-0.15, -0.1) is 10.2 Å². The van der Waals surface area contributed by atoms with E-state index in [4.69, 9.17) is 9.84 Å². The van der Waals surface area contributed by atoms with Gasteiger partial charge in [-0.05, 0) is 23.4 Å². The smallest absolute Gasteiger partial charge is 0.335 e. The maximum Gasteiger partial charge on any atom is 0.335 e. The maximum absolute atomic E-state index is 12.4. The van der Waals surface area contributed by atoms with Crippen molar-refractivity contribution in [2.24, 2.45) is 7.05 Å². The summed E-state index contributed by atoms with van der Waals surface area (Å²) in [6.45, 7) is 0. The molecule has 0 aliphatic rings. The zero-order valence-electron chi connectivity index (χ0n) is 11.2. The molecule has 0 atom stereocenters. The van der Waals surface area contributed by atoms with E-state index in [2.05, 4.69) is 15.4 Å². The van der Waals surface area contributed by atoms with Crippen molar-refractivity contribution in [3.63, 3.8) is 0 Å². The molecule has 1 heterocycles. The summed E-state index contributed by atoms with van der Waals surface area (Å²) in [7, 11) is -1.06. The first-order chi connectivity index (χ1) is 9.83. The molecular weight excluding hydrogens is 300 g/mol. The lowest BCUT2D eigenvalue weighted by molar-refractivity contribution is 0.0696. The van der Waals surface area contributed by atoms with Crippen LogP contribution in [0, 0.1) is 0 Å².